The number of rotatable bonds is 0. The largest absolute Gasteiger partial charge is 0.476 e. The number of nitrogens with zero attached hydrogens (tertiary/aromatic N) is 5. The van der Waals surface area contributed by atoms with Crippen molar-refractivity contribution in [3.63, 3.8) is 0 Å². The zero-order valence-corrected chi connectivity index (χ0v) is 15.6. The molecule has 8 nitrogen and oxygen atoms in total. The van der Waals surface area contributed by atoms with Crippen molar-refractivity contribution in [3.05, 3.63) is 47.2 Å². The molecule has 10 heteroatoms. The van der Waals surface area contributed by atoms with Crippen LogP contribution in [-0.2, 0) is 0 Å². The van der Waals surface area contributed by atoms with E-state index in [1.54, 1.807) is 24.1 Å². The van der Waals surface area contributed by atoms with E-state index in [9.17, 15) is 13.6 Å². The maximum absolute atomic E-state index is 14.4. The molecule has 1 amide bonds. The average Bonchev–Trinajstić information content (AvgIpc) is 3.23. The molecular weight excluding hydrogens is 382 g/mol. The maximum Gasteiger partial charge on any atom is 0.257 e. The molecule has 150 valence electrons. The predicted molar refractivity (Wildman–Crippen MR) is 99.3 cm³/mol. The van der Waals surface area contributed by atoms with Crippen molar-refractivity contribution in [2.75, 3.05) is 24.6 Å². The monoisotopic (exact) mass is 400 g/mol. The first-order chi connectivity index (χ1) is 14.0. The van der Waals surface area contributed by atoms with Gasteiger partial charge < -0.3 is 15.0 Å². The number of anilines is 1. The van der Waals surface area contributed by atoms with Gasteiger partial charge in [-0.05, 0) is 19.1 Å². The van der Waals surface area contributed by atoms with Crippen molar-refractivity contribution in [2.45, 2.75) is 25.6 Å². The fourth-order valence-corrected chi connectivity index (χ4v) is 3.99. The molecule has 3 aromatic rings. The van der Waals surface area contributed by atoms with Crippen molar-refractivity contribution in [1.82, 2.24) is 24.9 Å². The number of aromatic nitrogens is 4. The normalized spacial score (nSPS) is 21.6. The van der Waals surface area contributed by atoms with Gasteiger partial charge in [-0.3, -0.25) is 4.79 Å². The highest BCUT2D eigenvalue weighted by molar-refractivity contribution is 6.01. The third-order valence-corrected chi connectivity index (χ3v) is 5.25. The third-order valence-electron chi connectivity index (χ3n) is 5.25. The van der Waals surface area contributed by atoms with Crippen molar-refractivity contribution in [3.8, 4) is 5.88 Å². The first-order valence-corrected chi connectivity index (χ1v) is 9.34. The van der Waals surface area contributed by atoms with E-state index in [-0.39, 0.29) is 37.9 Å². The molecular formula is C19H18F2N6O2. The van der Waals surface area contributed by atoms with Gasteiger partial charge in [-0.2, -0.15) is 5.10 Å². The minimum atomic E-state index is -1.11. The van der Waals surface area contributed by atoms with Gasteiger partial charge in [-0.1, -0.05) is 0 Å². The SMILES string of the molecule is Cc1nn2ccc3nc2c1C(=O)NCCOc1ncc(F)cc1[C@H]1C[C@H](F)CN31. The molecule has 2 atom stereocenters. The molecule has 1 N–H and O–H groups in total. The number of halogens is 2. The summed E-state index contributed by atoms with van der Waals surface area (Å²) >= 11 is 0. The Morgan fingerprint density at radius 3 is 3.10 bits per heavy atom. The highest BCUT2D eigenvalue weighted by atomic mass is 19.1. The van der Waals surface area contributed by atoms with Gasteiger partial charge in [0.05, 0.1) is 31.0 Å². The summed E-state index contributed by atoms with van der Waals surface area (Å²) in [5, 5.41) is 7.12. The van der Waals surface area contributed by atoms with Gasteiger partial charge in [0.25, 0.3) is 5.91 Å². The summed E-state index contributed by atoms with van der Waals surface area (Å²) in [6.07, 6.45) is 1.80. The van der Waals surface area contributed by atoms with E-state index in [1.165, 1.54) is 10.6 Å². The summed E-state index contributed by atoms with van der Waals surface area (Å²) < 4.78 is 35.6. The second-order valence-electron chi connectivity index (χ2n) is 7.17. The van der Waals surface area contributed by atoms with E-state index in [1.807, 2.05) is 0 Å². The first-order valence-electron chi connectivity index (χ1n) is 9.34. The van der Waals surface area contributed by atoms with Crippen LogP contribution in [0.2, 0.25) is 0 Å². The van der Waals surface area contributed by atoms with Gasteiger partial charge in [-0.15, -0.1) is 0 Å². The molecule has 0 saturated carbocycles. The summed E-state index contributed by atoms with van der Waals surface area (Å²) in [5.41, 5.74) is 1.75. The van der Waals surface area contributed by atoms with Gasteiger partial charge in [0.1, 0.15) is 30.0 Å². The number of ether oxygens (including phenoxy) is 1. The smallest absolute Gasteiger partial charge is 0.257 e. The summed E-state index contributed by atoms with van der Waals surface area (Å²) in [6, 6.07) is 2.54. The van der Waals surface area contributed by atoms with E-state index in [0.29, 0.717) is 28.3 Å². The van der Waals surface area contributed by atoms with Gasteiger partial charge in [0.2, 0.25) is 5.88 Å². The number of hydrogen-bond acceptors (Lipinski definition) is 6. The number of hydrogen-bond donors (Lipinski definition) is 1. The third kappa shape index (κ3) is 2.95. The Labute approximate surface area is 164 Å². The lowest BCUT2D eigenvalue weighted by molar-refractivity contribution is 0.0947. The lowest BCUT2D eigenvalue weighted by Gasteiger charge is -2.26. The van der Waals surface area contributed by atoms with E-state index in [4.69, 9.17) is 4.74 Å². The Morgan fingerprint density at radius 2 is 2.24 bits per heavy atom. The zero-order valence-electron chi connectivity index (χ0n) is 15.6. The summed E-state index contributed by atoms with van der Waals surface area (Å²) in [4.78, 5) is 23.1. The number of aryl methyl sites for hydroxylation is 1. The summed E-state index contributed by atoms with van der Waals surface area (Å²) in [5.74, 6) is -0.140. The standard InChI is InChI=1S/C19H18F2N6O2/c1-10-16-17-24-15(2-4-27(17)25-10)26-9-12(21)7-14(26)13-6-11(20)8-23-19(13)29-5-3-22-18(16)28/h2,4,6,8,12,14H,3,5,7,9H2,1H3,(H,22,28)/t12-,14+/m0/s1. The highest BCUT2D eigenvalue weighted by Crippen LogP contribution is 2.40. The molecule has 2 aliphatic heterocycles. The van der Waals surface area contributed by atoms with Crippen molar-refractivity contribution in [2.24, 2.45) is 0 Å². The Morgan fingerprint density at radius 1 is 1.38 bits per heavy atom. The van der Waals surface area contributed by atoms with Crippen LogP contribution in [0, 0.1) is 12.7 Å². The molecule has 2 aliphatic rings. The van der Waals surface area contributed by atoms with E-state index in [0.717, 1.165) is 6.20 Å². The Kier molecular flexibility index (Phi) is 4.07. The quantitative estimate of drug-likeness (QED) is 0.621. The molecule has 0 aromatic carbocycles. The fourth-order valence-electron chi connectivity index (χ4n) is 3.99. The molecule has 0 unspecified atom stereocenters. The molecule has 1 fully saturated rings. The van der Waals surface area contributed by atoms with Crippen LogP contribution in [0.5, 0.6) is 5.88 Å². The van der Waals surface area contributed by atoms with Crippen LogP contribution in [0.15, 0.2) is 24.5 Å². The van der Waals surface area contributed by atoms with E-state index < -0.39 is 18.0 Å². The van der Waals surface area contributed by atoms with Crippen molar-refractivity contribution >= 4 is 17.4 Å². The Balaban J connectivity index is 1.70. The zero-order chi connectivity index (χ0) is 20.1. The van der Waals surface area contributed by atoms with E-state index in [2.05, 4.69) is 20.4 Å². The summed E-state index contributed by atoms with van der Waals surface area (Å²) in [6.45, 7) is 2.18. The molecule has 0 aliphatic carbocycles. The molecule has 5 heterocycles. The number of fused-ring (bicyclic) bond motifs is 5. The Bertz CT molecular complexity index is 1120. The molecule has 1 saturated heterocycles. The molecule has 3 aromatic heterocycles. The van der Waals surface area contributed by atoms with Crippen molar-refractivity contribution in [1.29, 1.82) is 0 Å². The van der Waals surface area contributed by atoms with Crippen LogP contribution in [0.4, 0.5) is 14.6 Å². The van der Waals surface area contributed by atoms with Gasteiger partial charge in [0.15, 0.2) is 5.65 Å². The predicted octanol–water partition coefficient (Wildman–Crippen LogP) is 1.98. The minimum Gasteiger partial charge on any atom is -0.476 e. The number of nitrogens with one attached hydrogen (secondary N) is 1. The van der Waals surface area contributed by atoms with Crippen LogP contribution < -0.4 is 15.0 Å². The topological polar surface area (TPSA) is 84.7 Å². The van der Waals surface area contributed by atoms with Crippen LogP contribution in [0.3, 0.4) is 0 Å². The van der Waals surface area contributed by atoms with Gasteiger partial charge in [0, 0.05) is 18.2 Å². The number of alkyl halides is 1. The van der Waals surface area contributed by atoms with Crippen LogP contribution in [0.25, 0.3) is 5.65 Å². The minimum absolute atomic E-state index is 0.0957. The lowest BCUT2D eigenvalue weighted by atomic mass is 10.1. The maximum atomic E-state index is 14.4. The van der Waals surface area contributed by atoms with E-state index >= 15 is 0 Å². The fraction of sp³-hybridized carbons (Fsp3) is 0.368. The summed E-state index contributed by atoms with van der Waals surface area (Å²) in [7, 11) is 0. The van der Waals surface area contributed by atoms with Crippen LogP contribution >= 0.6 is 0 Å². The number of pyridine rings is 1. The van der Waals surface area contributed by atoms with Gasteiger partial charge in [-0.25, -0.2) is 23.3 Å². The van der Waals surface area contributed by atoms with Crippen LogP contribution in [0.1, 0.15) is 34.1 Å². The van der Waals surface area contributed by atoms with Gasteiger partial charge >= 0.3 is 0 Å². The molecule has 29 heavy (non-hydrogen) atoms. The number of carbonyl (C=O) groups excluding carboxylic acids is 1. The average molecular weight is 400 g/mol. The Hall–Kier alpha value is -3.30. The molecule has 5 rings (SSSR count). The second kappa shape index (κ2) is 6.64. The molecule has 2 bridgehead atoms. The lowest BCUT2D eigenvalue weighted by Crippen LogP contribution is -2.28. The van der Waals surface area contributed by atoms with Crippen LogP contribution in [-0.4, -0.2) is 51.4 Å². The number of carbonyl (C=O) groups is 1. The number of amides is 1. The first kappa shape index (κ1) is 17.8. The highest BCUT2D eigenvalue weighted by Gasteiger charge is 2.37. The molecule has 0 spiro atoms. The molecule has 0 radical (unpaired) electrons. The van der Waals surface area contributed by atoms with Crippen molar-refractivity contribution < 1.29 is 18.3 Å². The second-order valence-corrected chi connectivity index (χ2v) is 7.17.